The molecule has 2 aliphatic rings. The van der Waals surface area contributed by atoms with Crippen LogP contribution in [0.1, 0.15) is 39.5 Å². The molecule has 0 unspecified atom stereocenters. The predicted molar refractivity (Wildman–Crippen MR) is 99.3 cm³/mol. The molecular formula is C20H31N3O. The van der Waals surface area contributed by atoms with Gasteiger partial charge in [-0.15, -0.1) is 0 Å². The number of carbonyl (C=O) groups excluding carboxylic acids is 1. The van der Waals surface area contributed by atoms with E-state index in [4.69, 9.17) is 0 Å². The van der Waals surface area contributed by atoms with Crippen molar-refractivity contribution in [2.24, 2.45) is 5.92 Å². The van der Waals surface area contributed by atoms with Crippen LogP contribution >= 0.6 is 0 Å². The third kappa shape index (κ3) is 4.10. The number of amides is 1. The number of hydrogen-bond donors (Lipinski definition) is 1. The number of hydrogen-bond acceptors (Lipinski definition) is 3. The lowest BCUT2D eigenvalue weighted by Gasteiger charge is -2.39. The predicted octanol–water partition coefficient (Wildman–Crippen LogP) is 2.89. The van der Waals surface area contributed by atoms with E-state index in [1.165, 1.54) is 24.9 Å². The zero-order chi connectivity index (χ0) is 16.9. The van der Waals surface area contributed by atoms with Crippen LogP contribution in [0, 0.1) is 5.92 Å². The molecule has 1 heterocycles. The second-order valence-electron chi connectivity index (χ2n) is 7.41. The number of benzene rings is 1. The molecule has 1 N–H and O–H groups in total. The third-order valence-corrected chi connectivity index (χ3v) is 5.80. The molecule has 0 spiro atoms. The summed E-state index contributed by atoms with van der Waals surface area (Å²) in [5, 5.41) is 3.31. The van der Waals surface area contributed by atoms with E-state index in [9.17, 15) is 4.79 Å². The van der Waals surface area contributed by atoms with Crippen LogP contribution in [0.4, 0.5) is 5.69 Å². The molecule has 24 heavy (non-hydrogen) atoms. The van der Waals surface area contributed by atoms with Crippen molar-refractivity contribution in [3.05, 3.63) is 30.3 Å². The van der Waals surface area contributed by atoms with Crippen molar-refractivity contribution >= 4 is 11.6 Å². The van der Waals surface area contributed by atoms with Gasteiger partial charge in [0, 0.05) is 37.9 Å². The minimum atomic E-state index is -0.0305. The maximum absolute atomic E-state index is 12.6. The second-order valence-corrected chi connectivity index (χ2v) is 7.41. The fraction of sp³-hybridized carbons (Fsp3) is 0.650. The molecule has 1 aromatic rings. The Balaban J connectivity index is 1.49. The molecule has 132 valence electrons. The Bertz CT molecular complexity index is 525. The summed E-state index contributed by atoms with van der Waals surface area (Å²) in [5.41, 5.74) is 1.28. The topological polar surface area (TPSA) is 35.6 Å². The Morgan fingerprint density at radius 1 is 1.08 bits per heavy atom. The lowest BCUT2D eigenvalue weighted by atomic mass is 9.86. The van der Waals surface area contributed by atoms with Crippen molar-refractivity contribution in [1.29, 1.82) is 0 Å². The highest BCUT2D eigenvalue weighted by Crippen LogP contribution is 2.24. The highest BCUT2D eigenvalue weighted by molar-refractivity contribution is 5.81. The van der Waals surface area contributed by atoms with E-state index in [0.717, 1.165) is 32.6 Å². The van der Waals surface area contributed by atoms with Crippen LogP contribution in [0.2, 0.25) is 0 Å². The average molecular weight is 329 g/mol. The zero-order valence-corrected chi connectivity index (χ0v) is 15.1. The van der Waals surface area contributed by atoms with Gasteiger partial charge in [0.25, 0.3) is 0 Å². The van der Waals surface area contributed by atoms with E-state index < -0.39 is 0 Å². The van der Waals surface area contributed by atoms with Gasteiger partial charge in [-0.05, 0) is 37.8 Å². The van der Waals surface area contributed by atoms with Gasteiger partial charge in [-0.2, -0.15) is 0 Å². The molecular weight excluding hydrogens is 298 g/mol. The van der Waals surface area contributed by atoms with Crippen molar-refractivity contribution in [3.8, 4) is 0 Å². The average Bonchev–Trinajstić information content (AvgIpc) is 2.64. The molecule has 0 radical (unpaired) electrons. The molecule has 0 bridgehead atoms. The first kappa shape index (κ1) is 17.3. The van der Waals surface area contributed by atoms with Gasteiger partial charge in [-0.1, -0.05) is 38.0 Å². The minimum Gasteiger partial charge on any atom is -0.369 e. The fourth-order valence-electron chi connectivity index (χ4n) is 4.01. The molecule has 1 aliphatic carbocycles. The van der Waals surface area contributed by atoms with E-state index in [0.29, 0.717) is 12.0 Å². The number of nitrogens with one attached hydrogen (secondary N) is 1. The second kappa shape index (κ2) is 8.02. The first-order valence-electron chi connectivity index (χ1n) is 9.49. The third-order valence-electron chi connectivity index (χ3n) is 5.80. The summed E-state index contributed by atoms with van der Waals surface area (Å²) < 4.78 is 0. The fourth-order valence-corrected chi connectivity index (χ4v) is 4.01. The van der Waals surface area contributed by atoms with E-state index in [1.807, 2.05) is 0 Å². The normalized spacial score (nSPS) is 26.8. The SMILES string of the molecule is C[C@@H]1CCCC[C@@H]1NC(=O)[C@H](C)N1CCN(c2ccccc2)CC1. The van der Waals surface area contributed by atoms with E-state index >= 15 is 0 Å². The number of nitrogens with zero attached hydrogens (tertiary/aromatic N) is 2. The first-order chi connectivity index (χ1) is 11.6. The van der Waals surface area contributed by atoms with Crippen LogP contribution in [-0.4, -0.2) is 49.1 Å². The van der Waals surface area contributed by atoms with Gasteiger partial charge in [0.1, 0.15) is 0 Å². The van der Waals surface area contributed by atoms with Crippen molar-refractivity contribution in [2.45, 2.75) is 51.6 Å². The number of carbonyl (C=O) groups is 1. The number of rotatable bonds is 4. The summed E-state index contributed by atoms with van der Waals surface area (Å²) in [6.45, 7) is 8.20. The molecule has 1 aliphatic heterocycles. The Morgan fingerprint density at radius 3 is 2.42 bits per heavy atom. The van der Waals surface area contributed by atoms with E-state index in [-0.39, 0.29) is 11.9 Å². The summed E-state index contributed by atoms with van der Waals surface area (Å²) >= 11 is 0. The molecule has 2 fully saturated rings. The maximum Gasteiger partial charge on any atom is 0.237 e. The van der Waals surface area contributed by atoms with Gasteiger partial charge in [-0.25, -0.2) is 0 Å². The summed E-state index contributed by atoms with van der Waals surface area (Å²) in [6.07, 6.45) is 4.94. The highest BCUT2D eigenvalue weighted by atomic mass is 16.2. The van der Waals surface area contributed by atoms with Gasteiger partial charge in [0.2, 0.25) is 5.91 Å². The van der Waals surface area contributed by atoms with Crippen LogP contribution in [0.3, 0.4) is 0 Å². The maximum atomic E-state index is 12.6. The molecule has 1 saturated carbocycles. The van der Waals surface area contributed by atoms with E-state index in [2.05, 4.69) is 59.3 Å². The Kier molecular flexibility index (Phi) is 5.77. The molecule has 1 saturated heterocycles. The van der Waals surface area contributed by atoms with Crippen LogP contribution < -0.4 is 10.2 Å². The van der Waals surface area contributed by atoms with Crippen LogP contribution in [0.5, 0.6) is 0 Å². The number of piperazine rings is 1. The van der Waals surface area contributed by atoms with Crippen LogP contribution in [0.15, 0.2) is 30.3 Å². The Labute approximate surface area is 146 Å². The quantitative estimate of drug-likeness (QED) is 0.922. The van der Waals surface area contributed by atoms with Gasteiger partial charge in [-0.3, -0.25) is 9.69 Å². The standard InChI is InChI=1S/C20H31N3O/c1-16-8-6-7-11-19(16)21-20(24)17(2)22-12-14-23(15-13-22)18-9-4-3-5-10-18/h3-5,9-10,16-17,19H,6-8,11-15H2,1-2H3,(H,21,24)/t16-,17+,19+/m1/s1. The monoisotopic (exact) mass is 329 g/mol. The van der Waals surface area contributed by atoms with Gasteiger partial charge in [0.05, 0.1) is 6.04 Å². The molecule has 1 aromatic carbocycles. The van der Waals surface area contributed by atoms with E-state index in [1.54, 1.807) is 0 Å². The molecule has 3 atom stereocenters. The smallest absolute Gasteiger partial charge is 0.237 e. The summed E-state index contributed by atoms with van der Waals surface area (Å²) in [6, 6.07) is 10.9. The Hall–Kier alpha value is -1.55. The largest absolute Gasteiger partial charge is 0.369 e. The molecule has 3 rings (SSSR count). The summed E-state index contributed by atoms with van der Waals surface area (Å²) in [4.78, 5) is 17.4. The van der Waals surface area contributed by atoms with Crippen molar-refractivity contribution in [2.75, 3.05) is 31.1 Å². The van der Waals surface area contributed by atoms with Crippen molar-refractivity contribution < 1.29 is 4.79 Å². The van der Waals surface area contributed by atoms with Gasteiger partial charge < -0.3 is 10.2 Å². The number of anilines is 1. The lowest BCUT2D eigenvalue weighted by molar-refractivity contribution is -0.127. The van der Waals surface area contributed by atoms with Crippen molar-refractivity contribution in [3.63, 3.8) is 0 Å². The van der Waals surface area contributed by atoms with Crippen molar-refractivity contribution in [1.82, 2.24) is 10.2 Å². The van der Waals surface area contributed by atoms with Gasteiger partial charge >= 0.3 is 0 Å². The van der Waals surface area contributed by atoms with Crippen LogP contribution in [-0.2, 0) is 4.79 Å². The summed E-state index contributed by atoms with van der Waals surface area (Å²) in [7, 11) is 0. The van der Waals surface area contributed by atoms with Crippen LogP contribution in [0.25, 0.3) is 0 Å². The Morgan fingerprint density at radius 2 is 1.75 bits per heavy atom. The summed E-state index contributed by atoms with van der Waals surface area (Å²) in [5.74, 6) is 0.826. The molecule has 1 amide bonds. The lowest BCUT2D eigenvalue weighted by Crippen LogP contribution is -2.55. The molecule has 4 heteroatoms. The minimum absolute atomic E-state index is 0.0305. The molecule has 4 nitrogen and oxygen atoms in total. The highest BCUT2D eigenvalue weighted by Gasteiger charge is 2.29. The molecule has 0 aromatic heterocycles. The first-order valence-corrected chi connectivity index (χ1v) is 9.49. The zero-order valence-electron chi connectivity index (χ0n) is 15.1. The number of para-hydroxylation sites is 1. The van der Waals surface area contributed by atoms with Gasteiger partial charge in [0.15, 0.2) is 0 Å².